The van der Waals surface area contributed by atoms with E-state index >= 15 is 0 Å². The molecule has 0 aromatic carbocycles. The van der Waals surface area contributed by atoms with Crippen LogP contribution in [-0.4, -0.2) is 21.5 Å². The Balaban J connectivity index is 2.67. The summed E-state index contributed by atoms with van der Waals surface area (Å²) < 4.78 is 1.87. The van der Waals surface area contributed by atoms with Gasteiger partial charge in [0.25, 0.3) is 0 Å². The van der Waals surface area contributed by atoms with E-state index in [2.05, 4.69) is 24.2 Å². The smallest absolute Gasteiger partial charge is 0.0871 e. The van der Waals surface area contributed by atoms with Crippen LogP contribution >= 0.6 is 0 Å². The predicted molar refractivity (Wildman–Crippen MR) is 56.9 cm³/mol. The lowest BCUT2D eigenvalue weighted by molar-refractivity contribution is 0.561. The first-order chi connectivity index (χ1) is 6.65. The fraction of sp³-hybridized carbons (Fsp3) is 0.800. The lowest BCUT2D eigenvalue weighted by Crippen LogP contribution is -2.07. The Hall–Kier alpha value is -0.900. The fourth-order valence-corrected chi connectivity index (χ4v) is 1.48. The molecule has 1 aromatic rings. The van der Waals surface area contributed by atoms with Crippen LogP contribution in [0.15, 0.2) is 0 Å². The molecule has 2 N–H and O–H groups in total. The van der Waals surface area contributed by atoms with Crippen molar-refractivity contribution in [3.05, 3.63) is 11.4 Å². The summed E-state index contributed by atoms with van der Waals surface area (Å²) in [6.07, 6.45) is 3.07. The number of hydrogen-bond donors (Lipinski definition) is 1. The van der Waals surface area contributed by atoms with Gasteiger partial charge in [-0.1, -0.05) is 19.1 Å². The number of rotatable bonds is 5. The zero-order chi connectivity index (χ0) is 10.6. The number of hydrogen-bond acceptors (Lipinski definition) is 3. The van der Waals surface area contributed by atoms with Crippen molar-refractivity contribution in [2.45, 2.75) is 33.1 Å². The summed E-state index contributed by atoms with van der Waals surface area (Å²) in [5, 5.41) is 8.14. The molecule has 4 heteroatoms. The van der Waals surface area contributed by atoms with Gasteiger partial charge in [0.1, 0.15) is 0 Å². The van der Waals surface area contributed by atoms with E-state index in [1.54, 1.807) is 0 Å². The quantitative estimate of drug-likeness (QED) is 0.761. The molecular weight excluding hydrogens is 176 g/mol. The Kier molecular flexibility index (Phi) is 4.07. The van der Waals surface area contributed by atoms with Gasteiger partial charge in [-0.3, -0.25) is 4.68 Å². The third kappa shape index (κ3) is 2.80. The van der Waals surface area contributed by atoms with Crippen molar-refractivity contribution >= 4 is 0 Å². The average molecular weight is 196 g/mol. The van der Waals surface area contributed by atoms with E-state index in [4.69, 9.17) is 5.73 Å². The summed E-state index contributed by atoms with van der Waals surface area (Å²) in [7, 11) is 1.95. The van der Waals surface area contributed by atoms with Crippen LogP contribution in [-0.2, 0) is 19.9 Å². The van der Waals surface area contributed by atoms with Gasteiger partial charge in [0.15, 0.2) is 0 Å². The highest BCUT2D eigenvalue weighted by Crippen LogP contribution is 2.11. The Morgan fingerprint density at radius 3 is 2.64 bits per heavy atom. The molecule has 0 bridgehead atoms. The van der Waals surface area contributed by atoms with E-state index in [1.165, 1.54) is 12.1 Å². The van der Waals surface area contributed by atoms with Crippen molar-refractivity contribution in [1.29, 1.82) is 0 Å². The minimum absolute atomic E-state index is 0.646. The molecule has 0 aliphatic carbocycles. The van der Waals surface area contributed by atoms with Crippen molar-refractivity contribution in [1.82, 2.24) is 15.0 Å². The van der Waals surface area contributed by atoms with Crippen LogP contribution in [0.3, 0.4) is 0 Å². The molecule has 0 saturated carbocycles. The molecular formula is C10H20N4. The lowest BCUT2D eigenvalue weighted by atomic mass is 10.0. The maximum absolute atomic E-state index is 5.52. The fourth-order valence-electron chi connectivity index (χ4n) is 1.48. The van der Waals surface area contributed by atoms with Crippen molar-refractivity contribution in [3.8, 4) is 0 Å². The predicted octanol–water partition coefficient (Wildman–Crippen LogP) is 0.905. The van der Waals surface area contributed by atoms with Crippen molar-refractivity contribution in [3.63, 3.8) is 0 Å². The topological polar surface area (TPSA) is 56.7 Å². The van der Waals surface area contributed by atoms with Crippen LogP contribution in [0, 0.1) is 5.92 Å². The molecule has 0 unspecified atom stereocenters. The van der Waals surface area contributed by atoms with E-state index < -0.39 is 0 Å². The highest BCUT2D eigenvalue weighted by atomic mass is 15.4. The van der Waals surface area contributed by atoms with Gasteiger partial charge in [-0.2, -0.15) is 0 Å². The molecule has 1 aromatic heterocycles. The first kappa shape index (κ1) is 11.2. The van der Waals surface area contributed by atoms with E-state index in [0.29, 0.717) is 6.54 Å². The van der Waals surface area contributed by atoms with Gasteiger partial charge >= 0.3 is 0 Å². The summed E-state index contributed by atoms with van der Waals surface area (Å²) in [5.41, 5.74) is 7.82. The molecule has 0 atom stereocenters. The minimum Gasteiger partial charge on any atom is -0.330 e. The van der Waals surface area contributed by atoms with Crippen LogP contribution in [0.2, 0.25) is 0 Å². The highest BCUT2D eigenvalue weighted by molar-refractivity contribution is 5.10. The third-order valence-electron chi connectivity index (χ3n) is 2.36. The van der Waals surface area contributed by atoms with Gasteiger partial charge in [-0.15, -0.1) is 5.10 Å². The number of nitrogens with zero attached hydrogens (tertiary/aromatic N) is 3. The second-order valence-electron chi connectivity index (χ2n) is 4.08. The Morgan fingerprint density at radius 1 is 1.36 bits per heavy atom. The first-order valence-electron chi connectivity index (χ1n) is 5.22. The average Bonchev–Trinajstić information content (AvgIpc) is 2.45. The van der Waals surface area contributed by atoms with Crippen molar-refractivity contribution in [2.75, 3.05) is 6.54 Å². The second-order valence-corrected chi connectivity index (χ2v) is 4.08. The van der Waals surface area contributed by atoms with Crippen molar-refractivity contribution in [2.24, 2.45) is 18.7 Å². The molecule has 1 rings (SSSR count). The minimum atomic E-state index is 0.646. The molecule has 0 radical (unpaired) electrons. The lowest BCUT2D eigenvalue weighted by Gasteiger charge is -2.06. The van der Waals surface area contributed by atoms with Crippen LogP contribution in [0.4, 0.5) is 0 Å². The third-order valence-corrected chi connectivity index (χ3v) is 2.36. The molecule has 0 aliphatic heterocycles. The molecule has 0 saturated heterocycles. The van der Waals surface area contributed by atoms with Crippen LogP contribution in [0.25, 0.3) is 0 Å². The van der Waals surface area contributed by atoms with Gasteiger partial charge in [0.05, 0.1) is 11.4 Å². The Bertz CT molecular complexity index is 278. The zero-order valence-corrected chi connectivity index (χ0v) is 9.32. The summed E-state index contributed by atoms with van der Waals surface area (Å²) in [6, 6.07) is 0. The molecule has 14 heavy (non-hydrogen) atoms. The van der Waals surface area contributed by atoms with Gasteiger partial charge in [0.2, 0.25) is 0 Å². The normalized spacial score (nSPS) is 11.2. The monoisotopic (exact) mass is 196 g/mol. The van der Waals surface area contributed by atoms with E-state index in [-0.39, 0.29) is 0 Å². The van der Waals surface area contributed by atoms with Crippen LogP contribution in [0.1, 0.15) is 31.7 Å². The number of nitrogens with two attached hydrogens (primary N) is 1. The van der Waals surface area contributed by atoms with E-state index in [1.807, 2.05) is 11.7 Å². The molecule has 0 aliphatic rings. The van der Waals surface area contributed by atoms with Gasteiger partial charge in [-0.05, 0) is 25.3 Å². The highest BCUT2D eigenvalue weighted by Gasteiger charge is 2.09. The summed E-state index contributed by atoms with van der Waals surface area (Å²) in [6.45, 7) is 5.10. The molecule has 80 valence electrons. The summed E-state index contributed by atoms with van der Waals surface area (Å²) in [4.78, 5) is 0. The molecule has 1 heterocycles. The van der Waals surface area contributed by atoms with Gasteiger partial charge in [0, 0.05) is 13.5 Å². The van der Waals surface area contributed by atoms with E-state index in [0.717, 1.165) is 24.5 Å². The first-order valence-corrected chi connectivity index (χ1v) is 5.22. The second kappa shape index (κ2) is 5.10. The summed E-state index contributed by atoms with van der Waals surface area (Å²) >= 11 is 0. The Labute approximate surface area is 85.5 Å². The Morgan fingerprint density at radius 2 is 2.07 bits per heavy atom. The van der Waals surface area contributed by atoms with Crippen LogP contribution < -0.4 is 5.73 Å². The molecule has 4 nitrogen and oxygen atoms in total. The van der Waals surface area contributed by atoms with Crippen molar-refractivity contribution < 1.29 is 0 Å². The maximum Gasteiger partial charge on any atom is 0.0871 e. The van der Waals surface area contributed by atoms with Gasteiger partial charge in [-0.25, -0.2) is 0 Å². The number of aryl methyl sites for hydroxylation is 1. The van der Waals surface area contributed by atoms with E-state index in [9.17, 15) is 0 Å². The molecule has 0 spiro atoms. The number of aromatic nitrogens is 3. The zero-order valence-electron chi connectivity index (χ0n) is 9.32. The maximum atomic E-state index is 5.52. The molecule has 0 fully saturated rings. The largest absolute Gasteiger partial charge is 0.330 e. The standard InChI is InChI=1S/C10H20N4/c1-8(2)4-5-10-9(6-7-11)12-13-14(10)3/h8H,4-7,11H2,1-3H3. The molecule has 0 amide bonds. The van der Waals surface area contributed by atoms with Crippen LogP contribution in [0.5, 0.6) is 0 Å². The summed E-state index contributed by atoms with van der Waals surface area (Å²) in [5.74, 6) is 0.718. The van der Waals surface area contributed by atoms with Gasteiger partial charge < -0.3 is 5.73 Å². The SMILES string of the molecule is CC(C)CCc1c(CCN)nnn1C.